The summed E-state index contributed by atoms with van der Waals surface area (Å²) < 4.78 is 45.7. The lowest BCUT2D eigenvalue weighted by Crippen LogP contribution is -2.50. The van der Waals surface area contributed by atoms with Crippen LogP contribution in [-0.2, 0) is 10.0 Å². The third kappa shape index (κ3) is 4.76. The van der Waals surface area contributed by atoms with Crippen molar-refractivity contribution in [3.05, 3.63) is 90.2 Å². The highest BCUT2D eigenvalue weighted by Crippen LogP contribution is 2.23. The van der Waals surface area contributed by atoms with Gasteiger partial charge in [0.15, 0.2) is 0 Å². The van der Waals surface area contributed by atoms with E-state index in [0.717, 1.165) is 12.1 Å². The second kappa shape index (κ2) is 8.87. The molecule has 0 unspecified atom stereocenters. The Morgan fingerprint density at radius 2 is 1.45 bits per heavy atom. The number of amides is 1. The van der Waals surface area contributed by atoms with Crippen molar-refractivity contribution in [1.29, 1.82) is 0 Å². The molecule has 0 spiro atoms. The molecule has 0 aliphatic carbocycles. The van der Waals surface area contributed by atoms with Gasteiger partial charge in [-0.15, -0.1) is 0 Å². The van der Waals surface area contributed by atoms with E-state index >= 15 is 0 Å². The number of nitrogens with zero attached hydrogens (tertiary/aromatic N) is 2. The molecule has 0 aromatic heterocycles. The zero-order valence-corrected chi connectivity index (χ0v) is 17.5. The fourth-order valence-corrected chi connectivity index (χ4v) is 4.81. The lowest BCUT2D eigenvalue weighted by molar-refractivity contribution is 0.0697. The molecule has 1 aliphatic heterocycles. The smallest absolute Gasteiger partial charge is 0.254 e. The number of carbonyl (C=O) groups is 1. The van der Waals surface area contributed by atoms with Crippen LogP contribution in [0, 0.1) is 5.82 Å². The Morgan fingerprint density at radius 3 is 2.13 bits per heavy atom. The van der Waals surface area contributed by atoms with Crippen molar-refractivity contribution >= 4 is 15.9 Å². The Kier molecular flexibility index (Phi) is 6.01. The molecule has 1 saturated heterocycles. The first-order valence-corrected chi connectivity index (χ1v) is 11.3. The van der Waals surface area contributed by atoms with E-state index in [1.54, 1.807) is 29.2 Å². The number of ether oxygens (including phenoxy) is 1. The molecule has 6 nitrogen and oxygen atoms in total. The maximum absolute atomic E-state index is 13.1. The molecule has 8 heteroatoms. The first kappa shape index (κ1) is 21.0. The number of hydrogen-bond donors (Lipinski definition) is 0. The molecule has 0 radical (unpaired) electrons. The van der Waals surface area contributed by atoms with Gasteiger partial charge in [-0.3, -0.25) is 4.79 Å². The second-order valence-corrected chi connectivity index (χ2v) is 9.03. The fraction of sp³-hybridized carbons (Fsp3) is 0.174. The Morgan fingerprint density at radius 1 is 0.806 bits per heavy atom. The van der Waals surface area contributed by atoms with Crippen molar-refractivity contribution in [1.82, 2.24) is 9.21 Å². The van der Waals surface area contributed by atoms with Crippen LogP contribution >= 0.6 is 0 Å². The fourth-order valence-electron chi connectivity index (χ4n) is 3.39. The molecule has 1 heterocycles. The highest BCUT2D eigenvalue weighted by atomic mass is 32.2. The van der Waals surface area contributed by atoms with Crippen LogP contribution in [0.25, 0.3) is 0 Å². The minimum atomic E-state index is -3.73. The summed E-state index contributed by atoms with van der Waals surface area (Å²) in [5.74, 6) is 0.548. The van der Waals surface area contributed by atoms with Gasteiger partial charge in [0.05, 0.1) is 4.90 Å². The molecule has 0 N–H and O–H groups in total. The summed E-state index contributed by atoms with van der Waals surface area (Å²) in [4.78, 5) is 14.6. The Hall–Kier alpha value is -3.23. The van der Waals surface area contributed by atoms with Crippen molar-refractivity contribution < 1.29 is 22.3 Å². The average Bonchev–Trinajstić information content (AvgIpc) is 2.80. The van der Waals surface area contributed by atoms with Gasteiger partial charge in [-0.25, -0.2) is 12.8 Å². The molecule has 31 heavy (non-hydrogen) atoms. The number of benzene rings is 3. The van der Waals surface area contributed by atoms with Crippen molar-refractivity contribution in [3.63, 3.8) is 0 Å². The molecule has 3 aromatic rings. The topological polar surface area (TPSA) is 66.9 Å². The number of piperazine rings is 1. The van der Waals surface area contributed by atoms with Gasteiger partial charge in [0.1, 0.15) is 17.3 Å². The number of para-hydroxylation sites is 1. The van der Waals surface area contributed by atoms with E-state index in [1.165, 1.54) is 16.4 Å². The summed E-state index contributed by atoms with van der Waals surface area (Å²) in [5, 5.41) is 0. The predicted molar refractivity (Wildman–Crippen MR) is 114 cm³/mol. The zero-order valence-electron chi connectivity index (χ0n) is 16.6. The van der Waals surface area contributed by atoms with Gasteiger partial charge in [-0.05, 0) is 54.6 Å². The molecule has 3 aromatic carbocycles. The summed E-state index contributed by atoms with van der Waals surface area (Å²) in [5.41, 5.74) is 0.475. The molecular weight excluding hydrogens is 419 g/mol. The summed E-state index contributed by atoms with van der Waals surface area (Å²) in [6.07, 6.45) is 0. The van der Waals surface area contributed by atoms with Gasteiger partial charge in [0.2, 0.25) is 10.0 Å². The average molecular weight is 440 g/mol. The molecule has 1 aliphatic rings. The predicted octanol–water partition coefficient (Wildman–Crippen LogP) is 3.76. The Bertz CT molecular complexity index is 1160. The molecule has 0 saturated carbocycles. The minimum absolute atomic E-state index is 0.0411. The van der Waals surface area contributed by atoms with Gasteiger partial charge in [-0.1, -0.05) is 24.3 Å². The highest BCUT2D eigenvalue weighted by Gasteiger charge is 2.30. The van der Waals surface area contributed by atoms with Crippen molar-refractivity contribution in [2.75, 3.05) is 26.2 Å². The van der Waals surface area contributed by atoms with Crippen LogP contribution in [0.3, 0.4) is 0 Å². The van der Waals surface area contributed by atoms with Crippen molar-refractivity contribution in [2.24, 2.45) is 0 Å². The third-order valence-corrected chi connectivity index (χ3v) is 6.95. The molecule has 1 fully saturated rings. The summed E-state index contributed by atoms with van der Waals surface area (Å²) in [6, 6.07) is 20.9. The van der Waals surface area contributed by atoms with Gasteiger partial charge in [-0.2, -0.15) is 4.31 Å². The molecule has 4 rings (SSSR count). The van der Waals surface area contributed by atoms with Crippen LogP contribution < -0.4 is 4.74 Å². The van der Waals surface area contributed by atoms with E-state index in [0.29, 0.717) is 17.1 Å². The highest BCUT2D eigenvalue weighted by molar-refractivity contribution is 7.89. The summed E-state index contributed by atoms with van der Waals surface area (Å²) in [7, 11) is -3.73. The van der Waals surface area contributed by atoms with E-state index < -0.39 is 15.8 Å². The molecule has 160 valence electrons. The van der Waals surface area contributed by atoms with E-state index in [1.807, 2.05) is 30.3 Å². The van der Waals surface area contributed by atoms with Crippen LogP contribution in [0.15, 0.2) is 83.8 Å². The van der Waals surface area contributed by atoms with Crippen LogP contribution in [0.1, 0.15) is 10.4 Å². The van der Waals surface area contributed by atoms with Crippen LogP contribution in [-0.4, -0.2) is 49.7 Å². The maximum Gasteiger partial charge on any atom is 0.254 e. The second-order valence-electron chi connectivity index (χ2n) is 7.09. The summed E-state index contributed by atoms with van der Waals surface area (Å²) >= 11 is 0. The maximum atomic E-state index is 13.1. The van der Waals surface area contributed by atoms with Crippen LogP contribution in [0.5, 0.6) is 11.5 Å². The SMILES string of the molecule is O=C(c1cccc(Oc2ccccc2)c1)N1CCN(S(=O)(=O)c2ccc(F)cc2)CC1. The number of sulfonamides is 1. The first-order chi connectivity index (χ1) is 14.9. The molecule has 0 atom stereocenters. The number of rotatable bonds is 5. The van der Waals surface area contributed by atoms with E-state index in [2.05, 4.69) is 0 Å². The lowest BCUT2D eigenvalue weighted by atomic mass is 10.1. The Labute approximate surface area is 180 Å². The van der Waals surface area contributed by atoms with E-state index in [4.69, 9.17) is 4.74 Å². The van der Waals surface area contributed by atoms with Gasteiger partial charge in [0.25, 0.3) is 5.91 Å². The minimum Gasteiger partial charge on any atom is -0.457 e. The van der Waals surface area contributed by atoms with Gasteiger partial charge >= 0.3 is 0 Å². The van der Waals surface area contributed by atoms with E-state index in [9.17, 15) is 17.6 Å². The molecule has 0 bridgehead atoms. The standard InChI is InChI=1S/C23H21FN2O4S/c24-19-9-11-22(12-10-19)31(28,29)26-15-13-25(14-16-26)23(27)18-5-4-8-21(17-18)30-20-6-2-1-3-7-20/h1-12,17H,13-16H2. The number of carbonyl (C=O) groups excluding carboxylic acids is 1. The van der Waals surface area contributed by atoms with Gasteiger partial charge in [0, 0.05) is 31.7 Å². The third-order valence-electron chi connectivity index (χ3n) is 5.04. The van der Waals surface area contributed by atoms with Crippen LogP contribution in [0.2, 0.25) is 0 Å². The molecule has 1 amide bonds. The largest absolute Gasteiger partial charge is 0.457 e. The summed E-state index contributed by atoms with van der Waals surface area (Å²) in [6.45, 7) is 0.878. The van der Waals surface area contributed by atoms with Crippen LogP contribution in [0.4, 0.5) is 4.39 Å². The van der Waals surface area contributed by atoms with Crippen molar-refractivity contribution in [3.8, 4) is 11.5 Å². The van der Waals surface area contributed by atoms with E-state index in [-0.39, 0.29) is 37.0 Å². The Balaban J connectivity index is 1.41. The first-order valence-electron chi connectivity index (χ1n) is 9.81. The normalized spacial score (nSPS) is 14.9. The zero-order chi connectivity index (χ0) is 21.8. The van der Waals surface area contributed by atoms with Gasteiger partial charge < -0.3 is 9.64 Å². The lowest BCUT2D eigenvalue weighted by Gasteiger charge is -2.34. The monoisotopic (exact) mass is 440 g/mol. The number of halogens is 1. The molecular formula is C23H21FN2O4S. The van der Waals surface area contributed by atoms with Crippen molar-refractivity contribution in [2.45, 2.75) is 4.90 Å². The number of hydrogen-bond acceptors (Lipinski definition) is 4. The quantitative estimate of drug-likeness (QED) is 0.606.